The van der Waals surface area contributed by atoms with Gasteiger partial charge in [0.25, 0.3) is 5.91 Å². The lowest BCUT2D eigenvalue weighted by atomic mass is 10.1. The van der Waals surface area contributed by atoms with Crippen LogP contribution in [0.25, 0.3) is 0 Å². The lowest BCUT2D eigenvalue weighted by Gasteiger charge is -2.18. The van der Waals surface area contributed by atoms with E-state index >= 15 is 0 Å². The highest BCUT2D eigenvalue weighted by Crippen LogP contribution is 2.37. The summed E-state index contributed by atoms with van der Waals surface area (Å²) in [5.74, 6) is 0.956. The molecule has 1 rings (SSSR count). The summed E-state index contributed by atoms with van der Waals surface area (Å²) in [5, 5.41) is 0.407. The van der Waals surface area contributed by atoms with Gasteiger partial charge in [-0.2, -0.15) is 0 Å². The first-order valence-corrected chi connectivity index (χ1v) is 7.77. The molecule has 21 heavy (non-hydrogen) atoms. The second kappa shape index (κ2) is 8.78. The Balaban J connectivity index is 3.08. The van der Waals surface area contributed by atoms with Crippen molar-refractivity contribution in [3.05, 3.63) is 22.7 Å². The molecule has 0 atom stereocenters. The van der Waals surface area contributed by atoms with Crippen LogP contribution in [0.4, 0.5) is 0 Å². The Morgan fingerprint density at radius 2 is 1.95 bits per heavy atom. The molecule has 4 nitrogen and oxygen atoms in total. The number of benzene rings is 1. The molecule has 0 bridgehead atoms. The second-order valence-electron chi connectivity index (χ2n) is 4.74. The van der Waals surface area contributed by atoms with E-state index in [1.54, 1.807) is 24.1 Å². The maximum atomic E-state index is 12.2. The summed E-state index contributed by atoms with van der Waals surface area (Å²) < 4.78 is 11.3. The van der Waals surface area contributed by atoms with Gasteiger partial charge in [-0.15, -0.1) is 0 Å². The Kier molecular flexibility index (Phi) is 7.37. The molecule has 0 saturated heterocycles. The third kappa shape index (κ3) is 4.81. The van der Waals surface area contributed by atoms with Crippen LogP contribution in [0, 0.1) is 0 Å². The molecule has 0 aliphatic carbocycles. The van der Waals surface area contributed by atoms with E-state index in [1.807, 2.05) is 13.8 Å². The van der Waals surface area contributed by atoms with Gasteiger partial charge in [-0.1, -0.05) is 24.9 Å². The minimum absolute atomic E-state index is 0.0829. The van der Waals surface area contributed by atoms with Gasteiger partial charge in [0.05, 0.1) is 18.2 Å². The van der Waals surface area contributed by atoms with Gasteiger partial charge >= 0.3 is 0 Å². The molecular weight excluding hydrogens is 290 g/mol. The number of hydrogen-bond donors (Lipinski definition) is 0. The standard InChI is InChI=1S/C16H24ClNO3/c1-5-8-9-21-15-13(17)10-12(11-14(15)20-7-3)16(19)18(4)6-2/h10-11H,5-9H2,1-4H3. The summed E-state index contributed by atoms with van der Waals surface area (Å²) in [6.45, 7) is 7.60. The number of unbranched alkanes of at least 4 members (excludes halogenated alkanes) is 1. The number of amides is 1. The number of carbonyl (C=O) groups excluding carboxylic acids is 1. The van der Waals surface area contributed by atoms with Crippen LogP contribution >= 0.6 is 11.6 Å². The van der Waals surface area contributed by atoms with Crippen LogP contribution in [0.3, 0.4) is 0 Å². The van der Waals surface area contributed by atoms with E-state index in [1.165, 1.54) is 0 Å². The highest BCUT2D eigenvalue weighted by molar-refractivity contribution is 6.32. The van der Waals surface area contributed by atoms with Crippen molar-refractivity contribution >= 4 is 17.5 Å². The largest absolute Gasteiger partial charge is 0.490 e. The minimum atomic E-state index is -0.0829. The lowest BCUT2D eigenvalue weighted by Crippen LogP contribution is -2.26. The molecule has 0 spiro atoms. The molecule has 0 heterocycles. The summed E-state index contributed by atoms with van der Waals surface area (Å²) >= 11 is 6.27. The molecule has 1 aromatic carbocycles. The number of hydrogen-bond acceptors (Lipinski definition) is 3. The maximum Gasteiger partial charge on any atom is 0.253 e. The summed E-state index contributed by atoms with van der Waals surface area (Å²) in [4.78, 5) is 13.9. The second-order valence-corrected chi connectivity index (χ2v) is 5.15. The molecule has 5 heteroatoms. The Bertz CT molecular complexity index is 477. The molecule has 1 aromatic rings. The number of ether oxygens (including phenoxy) is 2. The predicted molar refractivity (Wildman–Crippen MR) is 85.7 cm³/mol. The third-order valence-electron chi connectivity index (χ3n) is 3.12. The Hall–Kier alpha value is -1.42. The highest BCUT2D eigenvalue weighted by atomic mass is 35.5. The first-order chi connectivity index (χ1) is 10.0. The summed E-state index contributed by atoms with van der Waals surface area (Å²) in [6, 6.07) is 3.34. The average molecular weight is 314 g/mol. The molecule has 0 N–H and O–H groups in total. The summed E-state index contributed by atoms with van der Waals surface area (Å²) in [6.07, 6.45) is 1.99. The number of carbonyl (C=O) groups is 1. The van der Waals surface area contributed by atoms with Crippen molar-refractivity contribution in [2.75, 3.05) is 26.8 Å². The number of rotatable bonds is 8. The van der Waals surface area contributed by atoms with Gasteiger partial charge < -0.3 is 14.4 Å². The van der Waals surface area contributed by atoms with E-state index in [-0.39, 0.29) is 5.91 Å². The smallest absolute Gasteiger partial charge is 0.253 e. The Morgan fingerprint density at radius 1 is 1.24 bits per heavy atom. The summed E-state index contributed by atoms with van der Waals surface area (Å²) in [7, 11) is 1.75. The van der Waals surface area contributed by atoms with Crippen LogP contribution < -0.4 is 9.47 Å². The molecule has 0 aliphatic rings. The fourth-order valence-electron chi connectivity index (χ4n) is 1.78. The highest BCUT2D eigenvalue weighted by Gasteiger charge is 2.18. The monoisotopic (exact) mass is 313 g/mol. The van der Waals surface area contributed by atoms with Crippen molar-refractivity contribution in [3.63, 3.8) is 0 Å². The fourth-order valence-corrected chi connectivity index (χ4v) is 2.04. The predicted octanol–water partition coefficient (Wildman–Crippen LogP) is 4.01. The van der Waals surface area contributed by atoms with Crippen molar-refractivity contribution in [2.24, 2.45) is 0 Å². The molecule has 0 saturated carbocycles. The average Bonchev–Trinajstić information content (AvgIpc) is 2.48. The van der Waals surface area contributed by atoms with Gasteiger partial charge in [-0.3, -0.25) is 4.79 Å². The SMILES string of the molecule is CCCCOc1c(Cl)cc(C(=O)N(C)CC)cc1OCC. The van der Waals surface area contributed by atoms with Gasteiger partial charge in [0, 0.05) is 19.2 Å². The van der Waals surface area contributed by atoms with Crippen molar-refractivity contribution in [1.29, 1.82) is 0 Å². The van der Waals surface area contributed by atoms with E-state index in [0.29, 0.717) is 41.8 Å². The Morgan fingerprint density at radius 3 is 2.52 bits per heavy atom. The van der Waals surface area contributed by atoms with Gasteiger partial charge in [0.1, 0.15) is 0 Å². The topological polar surface area (TPSA) is 38.8 Å². The molecule has 1 amide bonds. The van der Waals surface area contributed by atoms with Gasteiger partial charge in [-0.05, 0) is 32.4 Å². The van der Waals surface area contributed by atoms with E-state index in [9.17, 15) is 4.79 Å². The molecule has 0 fully saturated rings. The van der Waals surface area contributed by atoms with Gasteiger partial charge in [-0.25, -0.2) is 0 Å². The molecule has 118 valence electrons. The van der Waals surface area contributed by atoms with Crippen molar-refractivity contribution < 1.29 is 14.3 Å². The van der Waals surface area contributed by atoms with Crippen molar-refractivity contribution in [3.8, 4) is 11.5 Å². The van der Waals surface area contributed by atoms with E-state index in [4.69, 9.17) is 21.1 Å². The maximum absolute atomic E-state index is 12.2. The summed E-state index contributed by atoms with van der Waals surface area (Å²) in [5.41, 5.74) is 0.510. The van der Waals surface area contributed by atoms with Crippen LogP contribution in [0.1, 0.15) is 44.0 Å². The van der Waals surface area contributed by atoms with Crippen molar-refractivity contribution in [2.45, 2.75) is 33.6 Å². The molecule has 0 aliphatic heterocycles. The third-order valence-corrected chi connectivity index (χ3v) is 3.40. The quantitative estimate of drug-likeness (QED) is 0.681. The van der Waals surface area contributed by atoms with Gasteiger partial charge in [0.15, 0.2) is 11.5 Å². The molecule has 0 aromatic heterocycles. The zero-order valence-electron chi connectivity index (χ0n) is 13.2. The van der Waals surface area contributed by atoms with Crippen LogP contribution in [0.5, 0.6) is 11.5 Å². The molecule has 0 radical (unpaired) electrons. The van der Waals surface area contributed by atoms with Gasteiger partial charge in [0.2, 0.25) is 0 Å². The van der Waals surface area contributed by atoms with Crippen molar-refractivity contribution in [1.82, 2.24) is 4.90 Å². The van der Waals surface area contributed by atoms with Crippen LogP contribution in [-0.2, 0) is 0 Å². The minimum Gasteiger partial charge on any atom is -0.490 e. The van der Waals surface area contributed by atoms with E-state index < -0.39 is 0 Å². The normalized spacial score (nSPS) is 10.3. The van der Waals surface area contributed by atoms with E-state index in [2.05, 4.69) is 6.92 Å². The van der Waals surface area contributed by atoms with Crippen LogP contribution in [0.15, 0.2) is 12.1 Å². The van der Waals surface area contributed by atoms with Crippen LogP contribution in [0.2, 0.25) is 5.02 Å². The first-order valence-electron chi connectivity index (χ1n) is 7.39. The fraction of sp³-hybridized carbons (Fsp3) is 0.562. The zero-order chi connectivity index (χ0) is 15.8. The Labute approximate surface area is 132 Å². The molecular formula is C16H24ClNO3. The first kappa shape index (κ1) is 17.6. The number of halogens is 1. The number of nitrogens with zero attached hydrogens (tertiary/aromatic N) is 1. The molecule has 0 unspecified atom stereocenters. The lowest BCUT2D eigenvalue weighted by molar-refractivity contribution is 0.0802. The van der Waals surface area contributed by atoms with Crippen LogP contribution in [-0.4, -0.2) is 37.6 Å². The van der Waals surface area contributed by atoms with E-state index in [0.717, 1.165) is 12.8 Å². The zero-order valence-corrected chi connectivity index (χ0v) is 14.0.